The summed E-state index contributed by atoms with van der Waals surface area (Å²) in [7, 11) is 0. The van der Waals surface area contributed by atoms with E-state index in [-0.39, 0.29) is 35.5 Å². The number of rotatable bonds is 5. The minimum Gasteiger partial charge on any atom is -0.349 e. The van der Waals surface area contributed by atoms with Gasteiger partial charge in [0.15, 0.2) is 0 Å². The lowest BCUT2D eigenvalue weighted by atomic mass is 9.92. The smallest absolute Gasteiger partial charge is 0.253 e. The molecule has 148 valence electrons. The Morgan fingerprint density at radius 3 is 2.39 bits per heavy atom. The predicted molar refractivity (Wildman–Crippen MR) is 107 cm³/mol. The van der Waals surface area contributed by atoms with E-state index in [1.54, 1.807) is 4.90 Å². The topological polar surface area (TPSA) is 49.4 Å². The molecule has 1 N–H and O–H groups in total. The molecule has 0 saturated carbocycles. The maximum atomic E-state index is 13.1. The van der Waals surface area contributed by atoms with E-state index in [1.165, 1.54) is 24.3 Å². The Morgan fingerprint density at radius 1 is 1.07 bits per heavy atom. The lowest BCUT2D eigenvalue weighted by Crippen LogP contribution is -2.46. The van der Waals surface area contributed by atoms with Crippen molar-refractivity contribution in [3.63, 3.8) is 0 Å². The molecule has 5 heteroatoms. The van der Waals surface area contributed by atoms with Crippen LogP contribution < -0.4 is 5.32 Å². The SMILES string of the molecule is CC(C)C(NC(=O)C1CCCN(C(=O)c2ccc(F)cc2)C1)c1ccccc1. The van der Waals surface area contributed by atoms with Crippen LogP contribution in [0.15, 0.2) is 54.6 Å². The zero-order valence-electron chi connectivity index (χ0n) is 16.4. The molecule has 28 heavy (non-hydrogen) atoms. The molecule has 0 spiro atoms. The van der Waals surface area contributed by atoms with Crippen LogP contribution in [0.25, 0.3) is 0 Å². The Bertz CT molecular complexity index is 805. The van der Waals surface area contributed by atoms with Crippen molar-refractivity contribution in [2.24, 2.45) is 11.8 Å². The van der Waals surface area contributed by atoms with E-state index in [4.69, 9.17) is 0 Å². The van der Waals surface area contributed by atoms with Crippen molar-refractivity contribution in [2.75, 3.05) is 13.1 Å². The minimum absolute atomic E-state index is 0.0147. The van der Waals surface area contributed by atoms with Gasteiger partial charge in [0.2, 0.25) is 5.91 Å². The molecule has 0 bridgehead atoms. The zero-order chi connectivity index (χ0) is 20.1. The number of piperidine rings is 1. The van der Waals surface area contributed by atoms with Gasteiger partial charge in [-0.1, -0.05) is 44.2 Å². The van der Waals surface area contributed by atoms with Crippen LogP contribution >= 0.6 is 0 Å². The van der Waals surface area contributed by atoms with Crippen LogP contribution in [0, 0.1) is 17.7 Å². The van der Waals surface area contributed by atoms with Gasteiger partial charge >= 0.3 is 0 Å². The van der Waals surface area contributed by atoms with Gasteiger partial charge in [0.1, 0.15) is 5.82 Å². The first kappa shape index (κ1) is 20.1. The number of hydrogen-bond acceptors (Lipinski definition) is 2. The number of carbonyl (C=O) groups excluding carboxylic acids is 2. The van der Waals surface area contributed by atoms with Gasteiger partial charge in [-0.25, -0.2) is 4.39 Å². The van der Waals surface area contributed by atoms with Crippen molar-refractivity contribution >= 4 is 11.8 Å². The first-order valence-electron chi connectivity index (χ1n) is 9.86. The van der Waals surface area contributed by atoms with E-state index in [0.717, 1.165) is 18.4 Å². The fraction of sp³-hybridized carbons (Fsp3) is 0.391. The second-order valence-corrected chi connectivity index (χ2v) is 7.74. The Labute approximate surface area is 165 Å². The highest BCUT2D eigenvalue weighted by atomic mass is 19.1. The van der Waals surface area contributed by atoms with Crippen LogP contribution in [-0.4, -0.2) is 29.8 Å². The second-order valence-electron chi connectivity index (χ2n) is 7.74. The molecule has 2 aromatic carbocycles. The summed E-state index contributed by atoms with van der Waals surface area (Å²) in [6.07, 6.45) is 1.54. The Balaban J connectivity index is 1.66. The van der Waals surface area contributed by atoms with Crippen molar-refractivity contribution in [1.29, 1.82) is 0 Å². The number of carbonyl (C=O) groups is 2. The second kappa shape index (κ2) is 9.00. The van der Waals surface area contributed by atoms with Crippen molar-refractivity contribution in [1.82, 2.24) is 10.2 Å². The van der Waals surface area contributed by atoms with Gasteiger partial charge in [0.25, 0.3) is 5.91 Å². The van der Waals surface area contributed by atoms with Gasteiger partial charge in [-0.3, -0.25) is 9.59 Å². The van der Waals surface area contributed by atoms with Gasteiger partial charge in [-0.15, -0.1) is 0 Å². The lowest BCUT2D eigenvalue weighted by molar-refractivity contribution is -0.127. The molecule has 2 amide bonds. The Morgan fingerprint density at radius 2 is 1.75 bits per heavy atom. The van der Waals surface area contributed by atoms with E-state index in [0.29, 0.717) is 18.7 Å². The highest BCUT2D eigenvalue weighted by Crippen LogP contribution is 2.24. The van der Waals surface area contributed by atoms with Crippen LogP contribution in [0.4, 0.5) is 4.39 Å². The fourth-order valence-corrected chi connectivity index (χ4v) is 3.72. The normalized spacial score (nSPS) is 18.0. The highest BCUT2D eigenvalue weighted by molar-refractivity contribution is 5.94. The van der Waals surface area contributed by atoms with E-state index in [2.05, 4.69) is 19.2 Å². The number of hydrogen-bond donors (Lipinski definition) is 1. The summed E-state index contributed by atoms with van der Waals surface area (Å²) in [6, 6.07) is 15.5. The molecule has 0 radical (unpaired) electrons. The van der Waals surface area contributed by atoms with E-state index in [1.807, 2.05) is 30.3 Å². The van der Waals surface area contributed by atoms with Crippen molar-refractivity contribution in [3.8, 4) is 0 Å². The molecule has 2 atom stereocenters. The first-order valence-corrected chi connectivity index (χ1v) is 9.86. The summed E-state index contributed by atoms with van der Waals surface area (Å²) in [4.78, 5) is 27.3. The monoisotopic (exact) mass is 382 g/mol. The molecule has 1 heterocycles. The average molecular weight is 382 g/mol. The first-order chi connectivity index (χ1) is 13.5. The van der Waals surface area contributed by atoms with Crippen LogP contribution in [-0.2, 0) is 4.79 Å². The van der Waals surface area contributed by atoms with Crippen LogP contribution in [0.2, 0.25) is 0 Å². The van der Waals surface area contributed by atoms with Crippen molar-refractivity contribution < 1.29 is 14.0 Å². The third kappa shape index (κ3) is 4.77. The summed E-state index contributed by atoms with van der Waals surface area (Å²) in [5, 5.41) is 3.18. The maximum Gasteiger partial charge on any atom is 0.253 e. The number of nitrogens with one attached hydrogen (secondary N) is 1. The van der Waals surface area contributed by atoms with Crippen molar-refractivity contribution in [3.05, 3.63) is 71.5 Å². The molecule has 1 aliphatic rings. The van der Waals surface area contributed by atoms with Gasteiger partial charge in [0.05, 0.1) is 12.0 Å². The van der Waals surface area contributed by atoms with Crippen LogP contribution in [0.3, 0.4) is 0 Å². The summed E-state index contributed by atoms with van der Waals surface area (Å²) in [5.74, 6) is -0.511. The van der Waals surface area contributed by atoms with Gasteiger partial charge in [-0.05, 0) is 48.6 Å². The molecule has 1 saturated heterocycles. The van der Waals surface area contributed by atoms with E-state index < -0.39 is 0 Å². The van der Waals surface area contributed by atoms with Crippen LogP contribution in [0.5, 0.6) is 0 Å². The largest absolute Gasteiger partial charge is 0.349 e. The van der Waals surface area contributed by atoms with Crippen molar-refractivity contribution in [2.45, 2.75) is 32.7 Å². The molecule has 1 fully saturated rings. The van der Waals surface area contributed by atoms with E-state index in [9.17, 15) is 14.0 Å². The number of amides is 2. The maximum absolute atomic E-state index is 13.1. The number of nitrogens with zero attached hydrogens (tertiary/aromatic N) is 1. The lowest BCUT2D eigenvalue weighted by Gasteiger charge is -2.33. The number of benzene rings is 2. The Hall–Kier alpha value is -2.69. The Kier molecular flexibility index (Phi) is 6.45. The minimum atomic E-state index is -0.368. The standard InChI is InChI=1S/C23H27FN2O2/c1-16(2)21(17-7-4-3-5-8-17)25-22(27)19-9-6-14-26(15-19)23(28)18-10-12-20(24)13-11-18/h3-5,7-8,10-13,16,19,21H,6,9,14-15H2,1-2H3,(H,25,27). The molecular formula is C23H27FN2O2. The van der Waals surface area contributed by atoms with Crippen LogP contribution in [0.1, 0.15) is 48.7 Å². The predicted octanol–water partition coefficient (Wildman–Crippen LogP) is 4.19. The fourth-order valence-electron chi connectivity index (χ4n) is 3.72. The summed E-state index contributed by atoms with van der Waals surface area (Å²) in [6.45, 7) is 5.18. The third-order valence-electron chi connectivity index (χ3n) is 5.29. The molecule has 2 aromatic rings. The summed E-state index contributed by atoms with van der Waals surface area (Å²) in [5.41, 5.74) is 1.53. The molecule has 0 aromatic heterocycles. The molecule has 4 nitrogen and oxygen atoms in total. The zero-order valence-corrected chi connectivity index (χ0v) is 16.4. The summed E-state index contributed by atoms with van der Waals surface area (Å²) < 4.78 is 13.1. The number of likely N-dealkylation sites (tertiary alicyclic amines) is 1. The molecule has 0 aliphatic carbocycles. The van der Waals surface area contributed by atoms with Gasteiger partial charge in [0, 0.05) is 18.7 Å². The van der Waals surface area contributed by atoms with Gasteiger partial charge < -0.3 is 10.2 Å². The summed E-state index contributed by atoms with van der Waals surface area (Å²) >= 11 is 0. The molecular weight excluding hydrogens is 355 g/mol. The quantitative estimate of drug-likeness (QED) is 0.843. The molecule has 2 unspecified atom stereocenters. The van der Waals surface area contributed by atoms with Gasteiger partial charge in [-0.2, -0.15) is 0 Å². The van der Waals surface area contributed by atoms with E-state index >= 15 is 0 Å². The third-order valence-corrected chi connectivity index (χ3v) is 5.29. The molecule has 3 rings (SSSR count). The molecule has 1 aliphatic heterocycles. The number of halogens is 1. The average Bonchev–Trinajstić information content (AvgIpc) is 2.72. The highest BCUT2D eigenvalue weighted by Gasteiger charge is 2.30.